The van der Waals surface area contributed by atoms with E-state index >= 15 is 0 Å². The molecule has 3 heteroatoms. The molecule has 0 amide bonds. The van der Waals surface area contributed by atoms with Crippen LogP contribution in [-0.4, -0.2) is 11.1 Å². The molecule has 1 aliphatic carbocycles. The van der Waals surface area contributed by atoms with Crippen LogP contribution in [-0.2, 0) is 19.5 Å². The summed E-state index contributed by atoms with van der Waals surface area (Å²) in [4.78, 5) is 1.54. The molecule has 2 aromatic carbocycles. The molecule has 0 spiro atoms. The molecular weight excluding hydrogens is 323 g/mol. The number of hydrogen-bond donors (Lipinski definition) is 1. The number of halogens is 1. The maximum Gasteiger partial charge on any atom is 0.132 e. The minimum atomic E-state index is -0.0588. The Morgan fingerprint density at radius 2 is 2.04 bits per heavy atom. The molecule has 134 valence electrons. The number of quaternary nitrogens is 1. The largest absolute Gasteiger partial charge is 0.339 e. The van der Waals surface area contributed by atoms with Gasteiger partial charge >= 0.3 is 0 Å². The first-order chi connectivity index (χ1) is 12.7. The summed E-state index contributed by atoms with van der Waals surface area (Å²) in [7, 11) is 0. The Kier molecular flexibility index (Phi) is 3.86. The molecule has 2 nitrogen and oxygen atoms in total. The summed E-state index contributed by atoms with van der Waals surface area (Å²) >= 11 is 0. The minimum Gasteiger partial charge on any atom is -0.339 e. The molecule has 2 aliphatic rings. The first-order valence-corrected chi connectivity index (χ1v) is 9.92. The molecule has 0 fully saturated rings. The van der Waals surface area contributed by atoms with Gasteiger partial charge in [-0.25, -0.2) is 4.39 Å². The molecule has 1 unspecified atom stereocenters. The van der Waals surface area contributed by atoms with E-state index in [2.05, 4.69) is 29.7 Å². The normalized spacial score (nSPS) is 22.2. The Bertz CT molecular complexity index is 968. The fourth-order valence-corrected chi connectivity index (χ4v) is 5.21. The molecule has 2 atom stereocenters. The second-order valence-electron chi connectivity index (χ2n) is 8.01. The van der Waals surface area contributed by atoms with E-state index in [1.807, 2.05) is 12.1 Å². The van der Waals surface area contributed by atoms with Crippen LogP contribution in [0.1, 0.15) is 47.7 Å². The maximum absolute atomic E-state index is 14.3. The quantitative estimate of drug-likeness (QED) is 0.717. The standard InChI is InChI=1S/C23H25FN2/c1-16-10-11-21-19(14-16)18-7-4-9-22-23(18)26(21)13-5-12-25(22)15-17-6-2-3-8-20(17)24/h2-3,6,8,10-11,14,22H,4-5,7,9,12-13,15H2,1H3/p+1/t22-/m0/s1. The van der Waals surface area contributed by atoms with Gasteiger partial charge in [0.1, 0.15) is 18.4 Å². The lowest BCUT2D eigenvalue weighted by Gasteiger charge is -2.31. The molecule has 0 saturated carbocycles. The van der Waals surface area contributed by atoms with Crippen molar-refractivity contribution in [3.05, 3.63) is 70.7 Å². The first-order valence-electron chi connectivity index (χ1n) is 9.92. The number of nitrogens with one attached hydrogen (secondary N) is 1. The van der Waals surface area contributed by atoms with Crippen molar-refractivity contribution in [2.75, 3.05) is 6.54 Å². The van der Waals surface area contributed by atoms with Gasteiger partial charge in [-0.1, -0.05) is 29.8 Å². The summed E-state index contributed by atoms with van der Waals surface area (Å²) in [5, 5.41) is 1.46. The van der Waals surface area contributed by atoms with Gasteiger partial charge in [-0.05, 0) is 43.5 Å². The molecular formula is C23H26FN2+. The van der Waals surface area contributed by atoms with E-state index in [9.17, 15) is 4.39 Å². The van der Waals surface area contributed by atoms with E-state index in [1.165, 1.54) is 40.6 Å². The fourth-order valence-electron chi connectivity index (χ4n) is 5.21. The second kappa shape index (κ2) is 6.24. The van der Waals surface area contributed by atoms with Crippen molar-refractivity contribution in [3.63, 3.8) is 0 Å². The zero-order valence-electron chi connectivity index (χ0n) is 15.4. The highest BCUT2D eigenvalue weighted by Crippen LogP contribution is 2.37. The summed E-state index contributed by atoms with van der Waals surface area (Å²) in [5.74, 6) is -0.0588. The molecule has 5 rings (SSSR count). The number of aromatic nitrogens is 1. The minimum absolute atomic E-state index is 0.0588. The van der Waals surface area contributed by atoms with E-state index in [0.717, 1.165) is 31.6 Å². The maximum atomic E-state index is 14.3. The van der Waals surface area contributed by atoms with Gasteiger partial charge in [0.25, 0.3) is 0 Å². The predicted octanol–water partition coefficient (Wildman–Crippen LogP) is 3.96. The average molecular weight is 349 g/mol. The Morgan fingerprint density at radius 1 is 1.15 bits per heavy atom. The predicted molar refractivity (Wildman–Crippen MR) is 103 cm³/mol. The van der Waals surface area contributed by atoms with Crippen LogP contribution in [0.3, 0.4) is 0 Å². The molecule has 26 heavy (non-hydrogen) atoms. The number of rotatable bonds is 2. The number of nitrogens with zero attached hydrogens (tertiary/aromatic N) is 1. The van der Waals surface area contributed by atoms with Crippen molar-refractivity contribution < 1.29 is 9.29 Å². The van der Waals surface area contributed by atoms with Crippen molar-refractivity contribution in [1.82, 2.24) is 4.57 Å². The molecule has 1 N–H and O–H groups in total. The van der Waals surface area contributed by atoms with E-state index in [4.69, 9.17) is 0 Å². The molecule has 0 saturated heterocycles. The van der Waals surface area contributed by atoms with Crippen molar-refractivity contribution in [2.24, 2.45) is 0 Å². The van der Waals surface area contributed by atoms with Crippen molar-refractivity contribution in [3.8, 4) is 0 Å². The highest BCUT2D eigenvalue weighted by Gasteiger charge is 2.36. The molecule has 3 aromatic rings. The highest BCUT2D eigenvalue weighted by molar-refractivity contribution is 5.86. The summed E-state index contributed by atoms with van der Waals surface area (Å²) in [5.41, 5.74) is 6.70. The summed E-state index contributed by atoms with van der Waals surface area (Å²) < 4.78 is 16.8. The van der Waals surface area contributed by atoms with Crippen LogP contribution in [0.15, 0.2) is 42.5 Å². The lowest BCUT2D eigenvalue weighted by molar-refractivity contribution is -0.945. The lowest BCUT2D eigenvalue weighted by atomic mass is 9.90. The number of hydrogen-bond acceptors (Lipinski definition) is 0. The van der Waals surface area contributed by atoms with E-state index < -0.39 is 0 Å². The number of benzene rings is 2. The van der Waals surface area contributed by atoms with Crippen molar-refractivity contribution in [1.29, 1.82) is 0 Å². The Balaban J connectivity index is 1.61. The summed E-state index contributed by atoms with van der Waals surface area (Å²) in [6.45, 7) is 5.18. The van der Waals surface area contributed by atoms with Crippen molar-refractivity contribution >= 4 is 10.9 Å². The highest BCUT2D eigenvalue weighted by atomic mass is 19.1. The van der Waals surface area contributed by atoms with Gasteiger partial charge in [0, 0.05) is 35.9 Å². The van der Waals surface area contributed by atoms with E-state index in [-0.39, 0.29) is 5.82 Å². The van der Waals surface area contributed by atoms with Gasteiger partial charge in [-0.3, -0.25) is 0 Å². The number of aryl methyl sites for hydroxylation is 3. The van der Waals surface area contributed by atoms with Crippen LogP contribution in [0.4, 0.5) is 4.39 Å². The smallest absolute Gasteiger partial charge is 0.132 e. The van der Waals surface area contributed by atoms with Gasteiger partial charge in [0.15, 0.2) is 0 Å². The molecule has 1 aliphatic heterocycles. The summed E-state index contributed by atoms with van der Waals surface area (Å²) in [6.07, 6.45) is 4.80. The lowest BCUT2D eigenvalue weighted by Crippen LogP contribution is -3.11. The Labute approximate surface area is 154 Å². The second-order valence-corrected chi connectivity index (χ2v) is 8.01. The first kappa shape index (κ1) is 16.1. The Hall–Kier alpha value is -2.13. The van der Waals surface area contributed by atoms with Crippen LogP contribution < -0.4 is 4.90 Å². The summed E-state index contributed by atoms with van der Waals surface area (Å²) in [6, 6.07) is 14.7. The monoisotopic (exact) mass is 349 g/mol. The number of fused-ring (bicyclic) bond motifs is 3. The van der Waals surface area contributed by atoms with Gasteiger partial charge in [0.2, 0.25) is 0 Å². The van der Waals surface area contributed by atoms with Crippen LogP contribution in [0.5, 0.6) is 0 Å². The molecule has 2 heterocycles. The van der Waals surface area contributed by atoms with E-state index in [0.29, 0.717) is 6.04 Å². The van der Waals surface area contributed by atoms with Crippen LogP contribution in [0.25, 0.3) is 10.9 Å². The van der Waals surface area contributed by atoms with Crippen molar-refractivity contribution in [2.45, 2.75) is 51.7 Å². The van der Waals surface area contributed by atoms with Crippen LogP contribution >= 0.6 is 0 Å². The third kappa shape index (κ3) is 2.49. The SMILES string of the molecule is Cc1ccc2c(c1)c1c3n2CCC[NH+](Cc2ccccc2F)[C@H]3CCC1. The zero-order chi connectivity index (χ0) is 17.7. The van der Waals surface area contributed by atoms with Crippen LogP contribution in [0.2, 0.25) is 0 Å². The molecule has 0 radical (unpaired) electrons. The van der Waals surface area contributed by atoms with E-state index in [1.54, 1.807) is 23.4 Å². The average Bonchev–Trinajstić information content (AvgIpc) is 2.83. The van der Waals surface area contributed by atoms with Crippen LogP contribution in [0, 0.1) is 12.7 Å². The molecule has 1 aromatic heterocycles. The third-order valence-corrected chi connectivity index (χ3v) is 6.37. The topological polar surface area (TPSA) is 9.37 Å². The van der Waals surface area contributed by atoms with Gasteiger partial charge in [0.05, 0.1) is 12.2 Å². The Morgan fingerprint density at radius 3 is 2.92 bits per heavy atom. The van der Waals surface area contributed by atoms with Gasteiger partial charge in [-0.15, -0.1) is 0 Å². The third-order valence-electron chi connectivity index (χ3n) is 6.37. The fraction of sp³-hybridized carbons (Fsp3) is 0.391. The molecule has 0 bridgehead atoms. The zero-order valence-corrected chi connectivity index (χ0v) is 15.4. The van der Waals surface area contributed by atoms with Gasteiger partial charge < -0.3 is 9.47 Å². The van der Waals surface area contributed by atoms with Gasteiger partial charge in [-0.2, -0.15) is 0 Å².